The van der Waals surface area contributed by atoms with Gasteiger partial charge in [-0.3, -0.25) is 4.90 Å². The lowest BCUT2D eigenvalue weighted by atomic mass is 10.1. The number of hydrogen-bond acceptors (Lipinski definition) is 4. The molecule has 5 heteroatoms. The van der Waals surface area contributed by atoms with E-state index in [1.165, 1.54) is 6.42 Å². The van der Waals surface area contributed by atoms with E-state index in [-0.39, 0.29) is 0 Å². The number of hydrogen-bond donors (Lipinski definition) is 1. The molecular formula is C11H17ClN4. The van der Waals surface area contributed by atoms with Crippen LogP contribution in [0.2, 0.25) is 5.02 Å². The van der Waals surface area contributed by atoms with Gasteiger partial charge in [-0.2, -0.15) is 5.10 Å². The third-order valence-corrected chi connectivity index (χ3v) is 3.39. The van der Waals surface area contributed by atoms with E-state index in [9.17, 15) is 0 Å². The fourth-order valence-corrected chi connectivity index (χ4v) is 2.43. The van der Waals surface area contributed by atoms with Gasteiger partial charge >= 0.3 is 0 Å². The average molecular weight is 241 g/mol. The first-order valence-corrected chi connectivity index (χ1v) is 6.01. The van der Waals surface area contributed by atoms with Crippen molar-refractivity contribution in [2.24, 2.45) is 0 Å². The molecule has 16 heavy (non-hydrogen) atoms. The van der Waals surface area contributed by atoms with Gasteiger partial charge in [-0.05, 0) is 39.3 Å². The molecule has 4 nitrogen and oxygen atoms in total. The maximum absolute atomic E-state index is 5.97. The molecule has 1 unspecified atom stereocenters. The molecule has 0 aromatic carbocycles. The minimum absolute atomic E-state index is 0.305. The first-order chi connectivity index (χ1) is 7.59. The van der Waals surface area contributed by atoms with Gasteiger partial charge in [0.2, 0.25) is 0 Å². The third-order valence-electron chi connectivity index (χ3n) is 3.09. The van der Waals surface area contributed by atoms with Crippen molar-refractivity contribution < 1.29 is 0 Å². The molecule has 0 saturated carbocycles. The van der Waals surface area contributed by atoms with Crippen LogP contribution >= 0.6 is 11.6 Å². The van der Waals surface area contributed by atoms with Crippen LogP contribution in [0.1, 0.15) is 38.4 Å². The Kier molecular flexibility index (Phi) is 3.30. The summed E-state index contributed by atoms with van der Waals surface area (Å²) in [6.45, 7) is 5.52. The third kappa shape index (κ3) is 2.13. The molecule has 88 valence electrons. The Morgan fingerprint density at radius 2 is 2.25 bits per heavy atom. The SMILES string of the molecule is CC(C)N1CCCC1c1cc(Cl)c(N)nn1. The highest BCUT2D eigenvalue weighted by molar-refractivity contribution is 6.32. The van der Waals surface area contributed by atoms with Gasteiger partial charge in [0.1, 0.15) is 0 Å². The molecule has 1 saturated heterocycles. The Balaban J connectivity index is 2.26. The Labute approximate surface area is 101 Å². The minimum Gasteiger partial charge on any atom is -0.381 e. The summed E-state index contributed by atoms with van der Waals surface area (Å²) in [5.74, 6) is 0.305. The Morgan fingerprint density at radius 1 is 1.50 bits per heavy atom. The van der Waals surface area contributed by atoms with Crippen LogP contribution < -0.4 is 5.73 Å². The lowest BCUT2D eigenvalue weighted by molar-refractivity contribution is 0.201. The van der Waals surface area contributed by atoms with Crippen LogP contribution in [0.5, 0.6) is 0 Å². The van der Waals surface area contributed by atoms with E-state index in [0.717, 1.165) is 18.7 Å². The molecule has 0 amide bonds. The molecule has 1 aromatic heterocycles. The summed E-state index contributed by atoms with van der Waals surface area (Å²) >= 11 is 5.97. The number of halogens is 1. The van der Waals surface area contributed by atoms with Crippen molar-refractivity contribution in [1.82, 2.24) is 15.1 Å². The van der Waals surface area contributed by atoms with Gasteiger partial charge in [-0.15, -0.1) is 5.10 Å². The van der Waals surface area contributed by atoms with Crippen LogP contribution in [0.4, 0.5) is 5.82 Å². The maximum atomic E-state index is 5.97. The normalized spacial score (nSPS) is 21.9. The summed E-state index contributed by atoms with van der Waals surface area (Å²) in [5, 5.41) is 8.54. The molecule has 2 rings (SSSR count). The van der Waals surface area contributed by atoms with Crippen molar-refractivity contribution in [2.45, 2.75) is 38.8 Å². The van der Waals surface area contributed by atoms with E-state index in [1.807, 2.05) is 6.07 Å². The number of nitrogens with zero attached hydrogens (tertiary/aromatic N) is 3. The van der Waals surface area contributed by atoms with Crippen LogP contribution in [-0.2, 0) is 0 Å². The summed E-state index contributed by atoms with van der Waals surface area (Å²) in [5.41, 5.74) is 6.50. The first kappa shape index (κ1) is 11.6. The van der Waals surface area contributed by atoms with Gasteiger partial charge in [0.05, 0.1) is 16.8 Å². The molecule has 1 aromatic rings. The molecule has 0 bridgehead atoms. The number of rotatable bonds is 2. The number of nitrogens with two attached hydrogens (primary N) is 1. The van der Waals surface area contributed by atoms with E-state index in [2.05, 4.69) is 28.9 Å². The maximum Gasteiger partial charge on any atom is 0.164 e. The Bertz CT molecular complexity index is 380. The van der Waals surface area contributed by atoms with Crippen LogP contribution in [0.15, 0.2) is 6.07 Å². The molecule has 0 aliphatic carbocycles. The largest absolute Gasteiger partial charge is 0.381 e. The highest BCUT2D eigenvalue weighted by Gasteiger charge is 2.29. The predicted molar refractivity (Wildman–Crippen MR) is 65.3 cm³/mol. The quantitative estimate of drug-likeness (QED) is 0.862. The highest BCUT2D eigenvalue weighted by Crippen LogP contribution is 2.33. The summed E-state index contributed by atoms with van der Waals surface area (Å²) < 4.78 is 0. The van der Waals surface area contributed by atoms with Gasteiger partial charge in [0.15, 0.2) is 5.82 Å². The molecule has 2 heterocycles. The molecule has 2 N–H and O–H groups in total. The smallest absolute Gasteiger partial charge is 0.164 e. The zero-order valence-corrected chi connectivity index (χ0v) is 10.4. The topological polar surface area (TPSA) is 55.0 Å². The van der Waals surface area contributed by atoms with Crippen molar-refractivity contribution >= 4 is 17.4 Å². The van der Waals surface area contributed by atoms with E-state index >= 15 is 0 Å². The van der Waals surface area contributed by atoms with Crippen molar-refractivity contribution in [3.8, 4) is 0 Å². The lowest BCUT2D eigenvalue weighted by Gasteiger charge is -2.27. The molecule has 1 aliphatic heterocycles. The summed E-state index contributed by atoms with van der Waals surface area (Å²) in [7, 11) is 0. The average Bonchev–Trinajstić information content (AvgIpc) is 2.71. The van der Waals surface area contributed by atoms with Crippen molar-refractivity contribution in [1.29, 1.82) is 0 Å². The second-order valence-electron chi connectivity index (χ2n) is 4.49. The minimum atomic E-state index is 0.305. The Morgan fingerprint density at radius 3 is 2.88 bits per heavy atom. The summed E-state index contributed by atoms with van der Waals surface area (Å²) in [4.78, 5) is 2.43. The molecule has 0 spiro atoms. The number of likely N-dealkylation sites (tertiary alicyclic amines) is 1. The van der Waals surface area contributed by atoms with E-state index in [1.54, 1.807) is 0 Å². The molecule has 1 aliphatic rings. The van der Waals surface area contributed by atoms with E-state index < -0.39 is 0 Å². The molecule has 0 radical (unpaired) electrons. The Hall–Kier alpha value is -0.870. The zero-order chi connectivity index (χ0) is 11.7. The summed E-state index contributed by atoms with van der Waals surface area (Å²) in [6.07, 6.45) is 2.32. The number of aromatic nitrogens is 2. The van der Waals surface area contributed by atoms with Gasteiger partial charge in [-0.1, -0.05) is 11.6 Å². The molecule has 1 fully saturated rings. The van der Waals surface area contributed by atoms with Crippen molar-refractivity contribution in [3.63, 3.8) is 0 Å². The second kappa shape index (κ2) is 4.55. The number of anilines is 1. The van der Waals surface area contributed by atoms with Crippen LogP contribution in [0.25, 0.3) is 0 Å². The van der Waals surface area contributed by atoms with Gasteiger partial charge in [-0.25, -0.2) is 0 Å². The monoisotopic (exact) mass is 240 g/mol. The predicted octanol–water partition coefficient (Wildman–Crippen LogP) is 2.26. The standard InChI is InChI=1S/C11H17ClN4/c1-7(2)16-5-3-4-10(16)9-6-8(12)11(13)15-14-9/h6-7,10H,3-5H2,1-2H3,(H2,13,15). The zero-order valence-electron chi connectivity index (χ0n) is 9.65. The number of nitrogen functional groups attached to an aromatic ring is 1. The van der Waals surface area contributed by atoms with Gasteiger partial charge in [0.25, 0.3) is 0 Å². The van der Waals surface area contributed by atoms with Crippen molar-refractivity contribution in [3.05, 3.63) is 16.8 Å². The highest BCUT2D eigenvalue weighted by atomic mass is 35.5. The second-order valence-corrected chi connectivity index (χ2v) is 4.90. The van der Waals surface area contributed by atoms with Crippen LogP contribution in [0.3, 0.4) is 0 Å². The van der Waals surface area contributed by atoms with Gasteiger partial charge < -0.3 is 5.73 Å². The fraction of sp³-hybridized carbons (Fsp3) is 0.636. The van der Waals surface area contributed by atoms with Crippen molar-refractivity contribution in [2.75, 3.05) is 12.3 Å². The van der Waals surface area contributed by atoms with E-state index in [4.69, 9.17) is 17.3 Å². The molecular weight excluding hydrogens is 224 g/mol. The van der Waals surface area contributed by atoms with Crippen LogP contribution in [-0.4, -0.2) is 27.7 Å². The van der Waals surface area contributed by atoms with Gasteiger partial charge in [0, 0.05) is 6.04 Å². The van der Waals surface area contributed by atoms with E-state index in [0.29, 0.717) is 22.9 Å². The van der Waals surface area contributed by atoms with Crippen LogP contribution in [0, 0.1) is 0 Å². The summed E-state index contributed by atoms with van der Waals surface area (Å²) in [6, 6.07) is 2.70. The fourth-order valence-electron chi connectivity index (χ4n) is 2.28. The molecule has 1 atom stereocenters. The lowest BCUT2D eigenvalue weighted by Crippen LogP contribution is -2.30. The first-order valence-electron chi connectivity index (χ1n) is 5.64.